The summed E-state index contributed by atoms with van der Waals surface area (Å²) in [5.74, 6) is 0. The SMILES string of the molecule is CC(O)(c1ccncc1)c1ccn(C(F)C(F)F)n1. The van der Waals surface area contributed by atoms with Crippen molar-refractivity contribution in [1.82, 2.24) is 14.8 Å². The molecule has 0 aliphatic carbocycles. The first-order valence-electron chi connectivity index (χ1n) is 5.53. The van der Waals surface area contributed by atoms with E-state index < -0.39 is 18.3 Å². The van der Waals surface area contributed by atoms with Crippen LogP contribution in [0.5, 0.6) is 0 Å². The van der Waals surface area contributed by atoms with Crippen molar-refractivity contribution in [3.05, 3.63) is 48.0 Å². The number of alkyl halides is 3. The van der Waals surface area contributed by atoms with Gasteiger partial charge in [0, 0.05) is 18.6 Å². The van der Waals surface area contributed by atoms with E-state index in [-0.39, 0.29) is 5.69 Å². The third-order valence-electron chi connectivity index (χ3n) is 2.81. The van der Waals surface area contributed by atoms with Gasteiger partial charge in [-0.15, -0.1) is 0 Å². The molecule has 2 atom stereocenters. The first kappa shape index (κ1) is 13.5. The fraction of sp³-hybridized carbons (Fsp3) is 0.333. The molecular weight excluding hydrogens is 259 g/mol. The van der Waals surface area contributed by atoms with Gasteiger partial charge in [0.05, 0.1) is 5.69 Å². The quantitative estimate of drug-likeness (QED) is 0.928. The Morgan fingerprint density at radius 2 is 1.84 bits per heavy atom. The molecular formula is C12H12F3N3O. The van der Waals surface area contributed by atoms with Crippen LogP contribution in [-0.4, -0.2) is 26.3 Å². The van der Waals surface area contributed by atoms with Crippen LogP contribution in [0.1, 0.15) is 24.5 Å². The fourth-order valence-corrected chi connectivity index (χ4v) is 1.67. The van der Waals surface area contributed by atoms with Gasteiger partial charge in [0.2, 0.25) is 0 Å². The average Bonchev–Trinajstić information content (AvgIpc) is 2.89. The van der Waals surface area contributed by atoms with Gasteiger partial charge in [-0.2, -0.15) is 5.10 Å². The highest BCUT2D eigenvalue weighted by Crippen LogP contribution is 2.28. The molecule has 2 aromatic heterocycles. The van der Waals surface area contributed by atoms with Crippen LogP contribution in [0.3, 0.4) is 0 Å². The number of hydrogen-bond acceptors (Lipinski definition) is 3. The number of hydrogen-bond donors (Lipinski definition) is 1. The molecule has 0 bridgehead atoms. The molecule has 0 aliphatic rings. The minimum absolute atomic E-state index is 0.0852. The van der Waals surface area contributed by atoms with Gasteiger partial charge in [-0.25, -0.2) is 17.9 Å². The van der Waals surface area contributed by atoms with E-state index in [1.807, 2.05) is 0 Å². The molecule has 2 unspecified atom stereocenters. The van der Waals surface area contributed by atoms with Gasteiger partial charge < -0.3 is 5.11 Å². The Kier molecular flexibility index (Phi) is 3.57. The minimum Gasteiger partial charge on any atom is -0.379 e. The monoisotopic (exact) mass is 271 g/mol. The number of nitrogens with zero attached hydrogens (tertiary/aromatic N) is 3. The summed E-state index contributed by atoms with van der Waals surface area (Å²) in [6.45, 7) is 1.45. The molecule has 4 nitrogen and oxygen atoms in total. The Morgan fingerprint density at radius 3 is 2.42 bits per heavy atom. The number of halogens is 3. The second-order valence-electron chi connectivity index (χ2n) is 4.20. The molecule has 0 fully saturated rings. The molecule has 0 aliphatic heterocycles. The molecule has 2 rings (SSSR count). The highest BCUT2D eigenvalue weighted by Gasteiger charge is 2.30. The molecule has 1 N–H and O–H groups in total. The molecule has 2 heterocycles. The van der Waals surface area contributed by atoms with E-state index in [0.717, 1.165) is 6.20 Å². The molecule has 7 heteroatoms. The van der Waals surface area contributed by atoms with E-state index in [1.165, 1.54) is 25.4 Å². The van der Waals surface area contributed by atoms with E-state index in [9.17, 15) is 18.3 Å². The largest absolute Gasteiger partial charge is 0.379 e. The molecule has 102 valence electrons. The maximum absolute atomic E-state index is 13.1. The maximum atomic E-state index is 13.1. The van der Waals surface area contributed by atoms with Gasteiger partial charge in [-0.05, 0) is 30.7 Å². The smallest absolute Gasteiger partial charge is 0.289 e. The van der Waals surface area contributed by atoms with Crippen LogP contribution >= 0.6 is 0 Å². The van der Waals surface area contributed by atoms with Gasteiger partial charge >= 0.3 is 0 Å². The maximum Gasteiger partial charge on any atom is 0.289 e. The Bertz CT molecular complexity index is 542. The Morgan fingerprint density at radius 1 is 1.21 bits per heavy atom. The van der Waals surface area contributed by atoms with Gasteiger partial charge in [0.15, 0.2) is 0 Å². The van der Waals surface area contributed by atoms with Crippen molar-refractivity contribution in [2.45, 2.75) is 25.2 Å². The van der Waals surface area contributed by atoms with Gasteiger partial charge in [0.25, 0.3) is 12.7 Å². The van der Waals surface area contributed by atoms with Gasteiger partial charge in [0.1, 0.15) is 5.60 Å². The van der Waals surface area contributed by atoms with Crippen LogP contribution in [-0.2, 0) is 5.60 Å². The van der Waals surface area contributed by atoms with Crippen molar-refractivity contribution in [1.29, 1.82) is 0 Å². The fourth-order valence-electron chi connectivity index (χ4n) is 1.67. The van der Waals surface area contributed by atoms with E-state index in [2.05, 4.69) is 10.1 Å². The molecule has 19 heavy (non-hydrogen) atoms. The topological polar surface area (TPSA) is 50.9 Å². The lowest BCUT2D eigenvalue weighted by Gasteiger charge is -2.21. The number of aliphatic hydroxyl groups is 1. The summed E-state index contributed by atoms with van der Waals surface area (Å²) in [7, 11) is 0. The summed E-state index contributed by atoms with van der Waals surface area (Å²) in [5, 5.41) is 14.0. The third-order valence-corrected chi connectivity index (χ3v) is 2.81. The molecule has 0 aromatic carbocycles. The van der Waals surface area contributed by atoms with Crippen molar-refractivity contribution in [3.8, 4) is 0 Å². The standard InChI is InChI=1S/C12H12F3N3O/c1-12(19,8-2-5-16-6-3-8)9-4-7-18(17-9)11(15)10(13)14/h2-7,10-11,19H,1H3. The van der Waals surface area contributed by atoms with Crippen LogP contribution < -0.4 is 0 Å². The van der Waals surface area contributed by atoms with Crippen LogP contribution in [0, 0.1) is 0 Å². The van der Waals surface area contributed by atoms with Gasteiger partial charge in [-0.1, -0.05) is 0 Å². The van der Waals surface area contributed by atoms with Crippen molar-refractivity contribution in [2.75, 3.05) is 0 Å². The van der Waals surface area contributed by atoms with Crippen molar-refractivity contribution < 1.29 is 18.3 Å². The Labute approximate surface area is 107 Å². The predicted molar refractivity (Wildman–Crippen MR) is 61.3 cm³/mol. The highest BCUT2D eigenvalue weighted by molar-refractivity contribution is 5.28. The van der Waals surface area contributed by atoms with Crippen LogP contribution in [0.2, 0.25) is 0 Å². The minimum atomic E-state index is -3.17. The number of pyridine rings is 1. The average molecular weight is 271 g/mol. The molecule has 0 radical (unpaired) electrons. The molecule has 2 aromatic rings. The Hall–Kier alpha value is -1.89. The summed E-state index contributed by atoms with van der Waals surface area (Å²) < 4.78 is 38.1. The van der Waals surface area contributed by atoms with Crippen molar-refractivity contribution in [2.24, 2.45) is 0 Å². The lowest BCUT2D eigenvalue weighted by Crippen LogP contribution is -2.24. The summed E-state index contributed by atoms with van der Waals surface area (Å²) in [5.41, 5.74) is -0.932. The summed E-state index contributed by atoms with van der Waals surface area (Å²) >= 11 is 0. The van der Waals surface area contributed by atoms with Crippen LogP contribution in [0.15, 0.2) is 36.8 Å². The second-order valence-corrected chi connectivity index (χ2v) is 4.20. The highest BCUT2D eigenvalue weighted by atomic mass is 19.3. The van der Waals surface area contributed by atoms with Crippen LogP contribution in [0.4, 0.5) is 13.2 Å². The molecule has 0 spiro atoms. The van der Waals surface area contributed by atoms with Crippen LogP contribution in [0.25, 0.3) is 0 Å². The molecule has 0 saturated carbocycles. The van der Waals surface area contributed by atoms with E-state index in [1.54, 1.807) is 12.1 Å². The molecule has 0 amide bonds. The zero-order chi connectivity index (χ0) is 14.0. The van der Waals surface area contributed by atoms with Crippen molar-refractivity contribution in [3.63, 3.8) is 0 Å². The third kappa shape index (κ3) is 2.60. The Balaban J connectivity index is 2.32. The lowest BCUT2D eigenvalue weighted by atomic mass is 9.94. The van der Waals surface area contributed by atoms with E-state index in [4.69, 9.17) is 0 Å². The summed E-state index contributed by atoms with van der Waals surface area (Å²) in [6, 6.07) is 4.44. The molecule has 0 saturated heterocycles. The summed E-state index contributed by atoms with van der Waals surface area (Å²) in [4.78, 5) is 3.81. The van der Waals surface area contributed by atoms with E-state index >= 15 is 0 Å². The second kappa shape index (κ2) is 5.00. The normalized spacial score (nSPS) is 16.3. The number of aromatic nitrogens is 3. The lowest BCUT2D eigenvalue weighted by molar-refractivity contribution is -0.000748. The zero-order valence-electron chi connectivity index (χ0n) is 10.0. The zero-order valence-corrected chi connectivity index (χ0v) is 10.0. The van der Waals surface area contributed by atoms with Crippen molar-refractivity contribution >= 4 is 0 Å². The predicted octanol–water partition coefficient (Wildman–Crippen LogP) is 2.27. The summed E-state index contributed by atoms with van der Waals surface area (Å²) in [6.07, 6.45) is -1.65. The number of rotatable bonds is 4. The first-order chi connectivity index (χ1) is 8.93. The first-order valence-corrected chi connectivity index (χ1v) is 5.53. The van der Waals surface area contributed by atoms with E-state index in [0.29, 0.717) is 10.2 Å². The van der Waals surface area contributed by atoms with Gasteiger partial charge in [-0.3, -0.25) is 4.98 Å².